The number of aromatic nitrogens is 2. The summed E-state index contributed by atoms with van der Waals surface area (Å²) in [5.74, 6) is 0.0922. The van der Waals surface area contributed by atoms with Gasteiger partial charge in [0.2, 0.25) is 11.8 Å². The van der Waals surface area contributed by atoms with Crippen molar-refractivity contribution in [2.45, 2.75) is 52.7 Å². The van der Waals surface area contributed by atoms with Gasteiger partial charge >= 0.3 is 0 Å². The fourth-order valence-corrected chi connectivity index (χ4v) is 2.63. The van der Waals surface area contributed by atoms with Gasteiger partial charge in [0, 0.05) is 43.9 Å². The summed E-state index contributed by atoms with van der Waals surface area (Å²) in [4.78, 5) is 27.6. The standard InChI is InChI=1S/C15H24N4O2/c1-4-17(9-13-8-16-18(5-2)10-13)15(21)11-19-12(3)6-7-14(19)20/h8,10,12H,4-7,9,11H2,1-3H3. The maximum Gasteiger partial charge on any atom is 0.242 e. The summed E-state index contributed by atoms with van der Waals surface area (Å²) in [6.45, 7) is 8.17. The average Bonchev–Trinajstić information content (AvgIpc) is 3.06. The minimum Gasteiger partial charge on any atom is -0.337 e. The first-order valence-corrected chi connectivity index (χ1v) is 7.63. The zero-order chi connectivity index (χ0) is 15.4. The number of hydrogen-bond donors (Lipinski definition) is 0. The number of likely N-dealkylation sites (N-methyl/N-ethyl adjacent to an activating group) is 1. The van der Waals surface area contributed by atoms with Crippen molar-refractivity contribution in [2.75, 3.05) is 13.1 Å². The zero-order valence-electron chi connectivity index (χ0n) is 13.1. The first-order chi connectivity index (χ1) is 10.0. The van der Waals surface area contributed by atoms with E-state index in [-0.39, 0.29) is 24.4 Å². The van der Waals surface area contributed by atoms with Gasteiger partial charge in [0.05, 0.1) is 12.7 Å². The smallest absolute Gasteiger partial charge is 0.242 e. The molecule has 1 aromatic heterocycles. The lowest BCUT2D eigenvalue weighted by Crippen LogP contribution is -2.42. The topological polar surface area (TPSA) is 58.4 Å². The van der Waals surface area contributed by atoms with E-state index in [1.54, 1.807) is 16.0 Å². The lowest BCUT2D eigenvalue weighted by molar-refractivity contribution is -0.139. The van der Waals surface area contributed by atoms with E-state index in [4.69, 9.17) is 0 Å². The minimum atomic E-state index is 0.00356. The molecular weight excluding hydrogens is 268 g/mol. The van der Waals surface area contributed by atoms with Crippen molar-refractivity contribution in [3.63, 3.8) is 0 Å². The summed E-state index contributed by atoms with van der Waals surface area (Å²) in [6.07, 6.45) is 5.16. The molecule has 0 aliphatic carbocycles. The van der Waals surface area contributed by atoms with E-state index in [1.165, 1.54) is 0 Å². The van der Waals surface area contributed by atoms with Gasteiger partial charge in [0.25, 0.3) is 0 Å². The summed E-state index contributed by atoms with van der Waals surface area (Å²) in [6, 6.07) is 0.169. The Labute approximate surface area is 125 Å². The van der Waals surface area contributed by atoms with E-state index < -0.39 is 0 Å². The van der Waals surface area contributed by atoms with E-state index in [0.717, 1.165) is 18.5 Å². The molecule has 1 aliphatic heterocycles. The molecule has 116 valence electrons. The third-order valence-corrected chi connectivity index (χ3v) is 4.05. The van der Waals surface area contributed by atoms with Crippen LogP contribution in [0.3, 0.4) is 0 Å². The maximum absolute atomic E-state index is 12.4. The van der Waals surface area contributed by atoms with Crippen LogP contribution >= 0.6 is 0 Å². The number of likely N-dealkylation sites (tertiary alicyclic amines) is 1. The van der Waals surface area contributed by atoms with E-state index >= 15 is 0 Å². The molecule has 6 heteroatoms. The number of aryl methyl sites for hydroxylation is 1. The molecule has 6 nitrogen and oxygen atoms in total. The monoisotopic (exact) mass is 292 g/mol. The van der Waals surface area contributed by atoms with E-state index in [1.807, 2.05) is 31.6 Å². The Morgan fingerprint density at radius 1 is 1.48 bits per heavy atom. The summed E-state index contributed by atoms with van der Waals surface area (Å²) >= 11 is 0. The number of carbonyl (C=O) groups excluding carboxylic acids is 2. The normalized spacial score (nSPS) is 18.3. The quantitative estimate of drug-likeness (QED) is 0.793. The van der Waals surface area contributed by atoms with Gasteiger partial charge in [0.1, 0.15) is 0 Å². The predicted octanol–water partition coefficient (Wildman–Crippen LogP) is 1.26. The number of rotatable bonds is 6. The van der Waals surface area contributed by atoms with Crippen molar-refractivity contribution in [3.05, 3.63) is 18.0 Å². The van der Waals surface area contributed by atoms with Crippen LogP contribution in [-0.2, 0) is 22.7 Å². The molecule has 1 fully saturated rings. The van der Waals surface area contributed by atoms with Gasteiger partial charge in [-0.15, -0.1) is 0 Å². The molecule has 0 N–H and O–H groups in total. The van der Waals surface area contributed by atoms with E-state index in [9.17, 15) is 9.59 Å². The van der Waals surface area contributed by atoms with Gasteiger partial charge in [-0.2, -0.15) is 5.10 Å². The molecule has 0 radical (unpaired) electrons. The lowest BCUT2D eigenvalue weighted by atomic mass is 10.2. The Balaban J connectivity index is 1.96. The Bertz CT molecular complexity index is 512. The van der Waals surface area contributed by atoms with Crippen molar-refractivity contribution in [1.82, 2.24) is 19.6 Å². The first kappa shape index (κ1) is 15.5. The van der Waals surface area contributed by atoms with Crippen molar-refractivity contribution in [3.8, 4) is 0 Å². The highest BCUT2D eigenvalue weighted by Gasteiger charge is 2.30. The van der Waals surface area contributed by atoms with Crippen LogP contribution in [-0.4, -0.2) is 50.5 Å². The van der Waals surface area contributed by atoms with Crippen LogP contribution in [0.15, 0.2) is 12.4 Å². The molecule has 21 heavy (non-hydrogen) atoms. The molecule has 2 amide bonds. The number of nitrogens with zero attached hydrogens (tertiary/aromatic N) is 4. The average molecular weight is 292 g/mol. The highest BCUT2D eigenvalue weighted by atomic mass is 16.2. The van der Waals surface area contributed by atoms with Gasteiger partial charge in [-0.25, -0.2) is 0 Å². The van der Waals surface area contributed by atoms with Crippen molar-refractivity contribution in [2.24, 2.45) is 0 Å². The highest BCUT2D eigenvalue weighted by molar-refractivity contribution is 5.86. The van der Waals surface area contributed by atoms with Gasteiger partial charge in [-0.1, -0.05) is 0 Å². The fourth-order valence-electron chi connectivity index (χ4n) is 2.63. The molecule has 0 bridgehead atoms. The van der Waals surface area contributed by atoms with Gasteiger partial charge in [-0.05, 0) is 27.2 Å². The van der Waals surface area contributed by atoms with Crippen LogP contribution in [0, 0.1) is 0 Å². The van der Waals surface area contributed by atoms with Gasteiger partial charge in [0.15, 0.2) is 0 Å². The number of carbonyl (C=O) groups is 2. The van der Waals surface area contributed by atoms with Crippen molar-refractivity contribution >= 4 is 11.8 Å². The molecule has 0 aromatic carbocycles. The molecule has 2 heterocycles. The second kappa shape index (κ2) is 6.74. The zero-order valence-corrected chi connectivity index (χ0v) is 13.1. The second-order valence-electron chi connectivity index (χ2n) is 5.52. The third kappa shape index (κ3) is 3.62. The van der Waals surface area contributed by atoms with Crippen LogP contribution in [0.1, 0.15) is 39.2 Å². The fraction of sp³-hybridized carbons (Fsp3) is 0.667. The highest BCUT2D eigenvalue weighted by Crippen LogP contribution is 2.18. The third-order valence-electron chi connectivity index (χ3n) is 4.05. The summed E-state index contributed by atoms with van der Waals surface area (Å²) in [5.41, 5.74) is 1.02. The van der Waals surface area contributed by atoms with Crippen LogP contribution in [0.2, 0.25) is 0 Å². The van der Waals surface area contributed by atoms with Crippen molar-refractivity contribution < 1.29 is 9.59 Å². The molecule has 1 aliphatic rings. The van der Waals surface area contributed by atoms with Crippen LogP contribution in [0.4, 0.5) is 0 Å². The molecule has 0 saturated carbocycles. The van der Waals surface area contributed by atoms with Crippen LogP contribution < -0.4 is 0 Å². The van der Waals surface area contributed by atoms with Crippen molar-refractivity contribution in [1.29, 1.82) is 0 Å². The molecular formula is C15H24N4O2. The summed E-state index contributed by atoms with van der Waals surface area (Å²) in [5, 5.41) is 4.22. The molecule has 1 aromatic rings. The van der Waals surface area contributed by atoms with Crippen LogP contribution in [0.25, 0.3) is 0 Å². The lowest BCUT2D eigenvalue weighted by Gasteiger charge is -2.26. The molecule has 1 unspecified atom stereocenters. The Kier molecular flexibility index (Phi) is 4.98. The van der Waals surface area contributed by atoms with Gasteiger partial charge < -0.3 is 9.80 Å². The molecule has 1 atom stereocenters. The van der Waals surface area contributed by atoms with E-state index in [2.05, 4.69) is 5.10 Å². The minimum absolute atomic E-state index is 0.00356. The Morgan fingerprint density at radius 3 is 2.76 bits per heavy atom. The van der Waals surface area contributed by atoms with Gasteiger partial charge in [-0.3, -0.25) is 14.3 Å². The Morgan fingerprint density at radius 2 is 2.24 bits per heavy atom. The predicted molar refractivity (Wildman–Crippen MR) is 79.4 cm³/mol. The number of amides is 2. The molecule has 2 rings (SSSR count). The van der Waals surface area contributed by atoms with E-state index in [0.29, 0.717) is 19.5 Å². The summed E-state index contributed by atoms with van der Waals surface area (Å²) in [7, 11) is 0. The number of hydrogen-bond acceptors (Lipinski definition) is 3. The van der Waals surface area contributed by atoms with Crippen LogP contribution in [0.5, 0.6) is 0 Å². The maximum atomic E-state index is 12.4. The summed E-state index contributed by atoms with van der Waals surface area (Å²) < 4.78 is 1.85. The molecule has 0 spiro atoms. The second-order valence-corrected chi connectivity index (χ2v) is 5.52. The largest absolute Gasteiger partial charge is 0.337 e. The SMILES string of the molecule is CCN(Cc1cnn(CC)c1)C(=O)CN1C(=O)CCC1C. The first-order valence-electron chi connectivity index (χ1n) is 7.63. The Hall–Kier alpha value is -1.85. The molecule has 1 saturated heterocycles.